The van der Waals surface area contributed by atoms with Crippen molar-refractivity contribution in [3.05, 3.63) is 63.3 Å². The summed E-state index contributed by atoms with van der Waals surface area (Å²) >= 11 is 3.45. The number of halogens is 1. The molecule has 1 atom stereocenters. The number of aryl methyl sites for hydroxylation is 1. The van der Waals surface area contributed by atoms with Gasteiger partial charge in [0.05, 0.1) is 33.2 Å². The van der Waals surface area contributed by atoms with Gasteiger partial charge in [-0.1, -0.05) is 30.3 Å². The normalized spacial score (nSPS) is 15.5. The number of carbonyl (C=O) groups excluding carboxylic acids is 1. The van der Waals surface area contributed by atoms with Gasteiger partial charge in [-0.3, -0.25) is 4.90 Å². The highest BCUT2D eigenvalue weighted by Crippen LogP contribution is 2.41. The van der Waals surface area contributed by atoms with Crippen LogP contribution in [0.3, 0.4) is 0 Å². The zero-order chi connectivity index (χ0) is 25.3. The summed E-state index contributed by atoms with van der Waals surface area (Å²) in [4.78, 5) is 15.5. The van der Waals surface area contributed by atoms with Crippen molar-refractivity contribution in [2.75, 3.05) is 19.7 Å². The van der Waals surface area contributed by atoms with Crippen LogP contribution in [0.1, 0.15) is 59.1 Å². The second-order valence-electron chi connectivity index (χ2n) is 9.02. The van der Waals surface area contributed by atoms with Crippen molar-refractivity contribution in [3.8, 4) is 5.75 Å². The average Bonchev–Trinajstić information content (AvgIpc) is 3.44. The van der Waals surface area contributed by atoms with Crippen molar-refractivity contribution in [2.45, 2.75) is 44.2 Å². The molecule has 1 aromatic heterocycles. The van der Waals surface area contributed by atoms with E-state index in [9.17, 15) is 18.3 Å². The number of phenolic OH excluding ortho intramolecular Hbond substituents is 1. The van der Waals surface area contributed by atoms with Gasteiger partial charge in [-0.05, 0) is 67.3 Å². The minimum absolute atomic E-state index is 0.0626. The number of ether oxygens (including phenoxy) is 1. The fourth-order valence-electron chi connectivity index (χ4n) is 4.84. The molecule has 188 valence electrons. The summed E-state index contributed by atoms with van der Waals surface area (Å²) in [5, 5.41) is 10.8. The van der Waals surface area contributed by atoms with Crippen LogP contribution in [0.25, 0.3) is 10.9 Å². The van der Waals surface area contributed by atoms with E-state index < -0.39 is 21.1 Å². The van der Waals surface area contributed by atoms with Crippen molar-refractivity contribution < 1.29 is 23.1 Å². The molecule has 1 aliphatic rings. The molecular weight excluding hydrogens is 532 g/mol. The van der Waals surface area contributed by atoms with Gasteiger partial charge in [0.15, 0.2) is 9.84 Å². The molecule has 1 aliphatic heterocycles. The summed E-state index contributed by atoms with van der Waals surface area (Å²) in [6.45, 7) is 5.82. The van der Waals surface area contributed by atoms with Crippen LogP contribution in [-0.2, 0) is 33.9 Å². The quantitative estimate of drug-likeness (QED) is 0.384. The fourth-order valence-corrected chi connectivity index (χ4v) is 6.83. The predicted molar refractivity (Wildman–Crippen MR) is 140 cm³/mol. The molecule has 1 saturated heterocycles. The van der Waals surface area contributed by atoms with Gasteiger partial charge in [-0.25, -0.2) is 13.2 Å². The van der Waals surface area contributed by atoms with Gasteiger partial charge < -0.3 is 14.4 Å². The van der Waals surface area contributed by atoms with E-state index in [1.807, 2.05) is 18.2 Å². The Labute approximate surface area is 214 Å². The maximum atomic E-state index is 13.5. The molecule has 1 unspecified atom stereocenters. The molecule has 0 aliphatic carbocycles. The number of nitrogens with zero attached hydrogens (tertiary/aromatic N) is 2. The number of hydrogen-bond donors (Lipinski definition) is 1. The summed E-state index contributed by atoms with van der Waals surface area (Å²) in [7, 11) is -1.92. The Hall–Kier alpha value is -2.36. The first kappa shape index (κ1) is 25.7. The van der Waals surface area contributed by atoms with E-state index in [0.717, 1.165) is 25.9 Å². The van der Waals surface area contributed by atoms with Crippen LogP contribution in [-0.4, -0.2) is 48.7 Å². The summed E-state index contributed by atoms with van der Waals surface area (Å²) < 4.78 is 34.7. The number of sulfone groups is 1. The van der Waals surface area contributed by atoms with Crippen molar-refractivity contribution in [1.29, 1.82) is 0 Å². The van der Waals surface area contributed by atoms with Gasteiger partial charge in [-0.15, -0.1) is 0 Å². The Morgan fingerprint density at radius 2 is 1.86 bits per heavy atom. The van der Waals surface area contributed by atoms with Crippen molar-refractivity contribution in [3.63, 3.8) is 0 Å². The topological polar surface area (TPSA) is 88.8 Å². The lowest BCUT2D eigenvalue weighted by molar-refractivity contribution is 0.0527. The molecule has 2 aromatic carbocycles. The highest BCUT2D eigenvalue weighted by Gasteiger charge is 2.32. The molecule has 0 spiro atoms. The number of fused-ring (bicyclic) bond motifs is 1. The lowest BCUT2D eigenvalue weighted by Crippen LogP contribution is -2.19. The number of carbonyl (C=O) groups is 1. The molecule has 1 fully saturated rings. The average molecular weight is 564 g/mol. The lowest BCUT2D eigenvalue weighted by atomic mass is 10.0. The van der Waals surface area contributed by atoms with E-state index in [2.05, 4.69) is 20.8 Å². The molecule has 0 saturated carbocycles. The first-order chi connectivity index (χ1) is 16.7. The molecule has 35 heavy (non-hydrogen) atoms. The molecule has 7 nitrogen and oxygen atoms in total. The number of aromatic nitrogens is 1. The molecule has 3 aromatic rings. The molecule has 0 amide bonds. The zero-order valence-electron chi connectivity index (χ0n) is 20.3. The van der Waals surface area contributed by atoms with Crippen LogP contribution >= 0.6 is 15.9 Å². The SMILES string of the molecule is CCOC(=O)c1c(CS(=O)(=O)C(C)c2ccccc2)n(C)c2cc(Br)c(O)c(CN3CCCC3)c12. The zero-order valence-corrected chi connectivity index (χ0v) is 22.7. The third-order valence-electron chi connectivity index (χ3n) is 6.84. The standard InChI is InChI=1S/C26H31BrN2O5S/c1-4-34-26(31)24-22(16-35(32,33)17(2)18-10-6-5-7-11-18)28(3)21-14-20(27)25(30)19(23(21)24)15-29-12-8-9-13-29/h5-7,10-11,14,17,30H,4,8-9,12-13,15-16H2,1-3H3. The Balaban J connectivity index is 1.90. The van der Waals surface area contributed by atoms with E-state index in [1.165, 1.54) is 0 Å². The Morgan fingerprint density at radius 3 is 2.49 bits per heavy atom. The number of benzene rings is 2. The fraction of sp³-hybridized carbons (Fsp3) is 0.423. The van der Waals surface area contributed by atoms with Crippen LogP contribution in [0, 0.1) is 0 Å². The van der Waals surface area contributed by atoms with Gasteiger partial charge >= 0.3 is 5.97 Å². The Kier molecular flexibility index (Phi) is 7.59. The maximum absolute atomic E-state index is 13.5. The Morgan fingerprint density at radius 1 is 1.20 bits per heavy atom. The minimum Gasteiger partial charge on any atom is -0.506 e. The van der Waals surface area contributed by atoms with Crippen molar-refractivity contribution >= 4 is 42.6 Å². The number of esters is 1. The third-order valence-corrected chi connectivity index (χ3v) is 9.47. The second kappa shape index (κ2) is 10.3. The second-order valence-corrected chi connectivity index (χ2v) is 12.2. The first-order valence-electron chi connectivity index (χ1n) is 11.8. The number of hydrogen-bond acceptors (Lipinski definition) is 6. The van der Waals surface area contributed by atoms with Crippen LogP contribution < -0.4 is 0 Å². The van der Waals surface area contributed by atoms with Gasteiger partial charge in [0.2, 0.25) is 0 Å². The number of rotatable bonds is 8. The molecule has 0 bridgehead atoms. The molecule has 2 heterocycles. The largest absolute Gasteiger partial charge is 0.506 e. The number of aromatic hydroxyl groups is 1. The summed E-state index contributed by atoms with van der Waals surface area (Å²) in [6, 6.07) is 10.8. The maximum Gasteiger partial charge on any atom is 0.340 e. The summed E-state index contributed by atoms with van der Waals surface area (Å²) in [5.41, 5.74) is 2.55. The van der Waals surface area contributed by atoms with E-state index >= 15 is 0 Å². The van der Waals surface area contributed by atoms with E-state index in [0.29, 0.717) is 38.7 Å². The van der Waals surface area contributed by atoms with E-state index in [4.69, 9.17) is 4.74 Å². The molecule has 0 radical (unpaired) electrons. The summed E-state index contributed by atoms with van der Waals surface area (Å²) in [6.07, 6.45) is 2.16. The van der Waals surface area contributed by atoms with Gasteiger partial charge in [-0.2, -0.15) is 0 Å². The Bertz CT molecular complexity index is 1350. The van der Waals surface area contributed by atoms with Crippen molar-refractivity contribution in [1.82, 2.24) is 9.47 Å². The van der Waals surface area contributed by atoms with Crippen LogP contribution in [0.2, 0.25) is 0 Å². The molecular formula is C26H31BrN2O5S. The summed E-state index contributed by atoms with van der Waals surface area (Å²) in [5.74, 6) is -0.850. The minimum atomic E-state index is -3.68. The smallest absolute Gasteiger partial charge is 0.340 e. The van der Waals surface area contributed by atoms with Gasteiger partial charge in [0.1, 0.15) is 5.75 Å². The number of phenols is 1. The predicted octanol–water partition coefficient (Wildman–Crippen LogP) is 5.09. The highest BCUT2D eigenvalue weighted by molar-refractivity contribution is 9.10. The molecule has 9 heteroatoms. The first-order valence-corrected chi connectivity index (χ1v) is 14.3. The van der Waals surface area contributed by atoms with E-state index in [-0.39, 0.29) is 23.7 Å². The highest BCUT2D eigenvalue weighted by atomic mass is 79.9. The molecule has 4 rings (SSSR count). The van der Waals surface area contributed by atoms with Crippen LogP contribution in [0.4, 0.5) is 0 Å². The molecule has 1 N–H and O–H groups in total. The third kappa shape index (κ3) is 4.99. The van der Waals surface area contributed by atoms with Gasteiger partial charge in [0.25, 0.3) is 0 Å². The monoisotopic (exact) mass is 562 g/mol. The van der Waals surface area contributed by atoms with Gasteiger partial charge in [0, 0.05) is 30.2 Å². The van der Waals surface area contributed by atoms with Crippen LogP contribution in [0.5, 0.6) is 5.75 Å². The van der Waals surface area contributed by atoms with Crippen molar-refractivity contribution in [2.24, 2.45) is 7.05 Å². The lowest BCUT2D eigenvalue weighted by Gasteiger charge is -2.18. The number of likely N-dealkylation sites (tertiary alicyclic amines) is 1. The van der Waals surface area contributed by atoms with Crippen LogP contribution in [0.15, 0.2) is 40.9 Å². The van der Waals surface area contributed by atoms with E-state index in [1.54, 1.807) is 43.7 Å².